The average Bonchev–Trinajstić information content (AvgIpc) is 3.25. The molecule has 0 aliphatic heterocycles. The summed E-state index contributed by atoms with van der Waals surface area (Å²) in [5, 5.41) is 44.8. The molecule has 18 nitrogen and oxygen atoms in total. The Morgan fingerprint density at radius 1 is 0.688 bits per heavy atom. The molecule has 64 heavy (non-hydrogen) atoms. The molecule has 0 fully saturated rings. The Labute approximate surface area is 387 Å². The SMILES string of the molecule is CC.CC[C@H](O)[C@@H](C)N(C)C[C@H](C)C[C@@](C)(O)[C@H](O)[C@@H](C)[C@H](OC(=O)CN(CCOC(=O)CCCC(=O)OP)CCOC(=O)CCCC(=O)OP)[C@@H](C)C(=O)O[C@H](CC)[C@](C)(O)CC. The van der Waals surface area contributed by atoms with Gasteiger partial charge in [0.05, 0.1) is 54.8 Å². The number of aliphatic hydroxyl groups is 4. The van der Waals surface area contributed by atoms with Crippen LogP contribution in [-0.4, -0.2) is 154 Å². The summed E-state index contributed by atoms with van der Waals surface area (Å²) in [4.78, 5) is 78.6. The fourth-order valence-corrected chi connectivity index (χ4v) is 7.32. The summed E-state index contributed by atoms with van der Waals surface area (Å²) < 4.78 is 31.4. The van der Waals surface area contributed by atoms with Gasteiger partial charge in [0.2, 0.25) is 0 Å². The van der Waals surface area contributed by atoms with Crippen LogP contribution < -0.4 is 0 Å². The molecule has 0 aliphatic carbocycles. The van der Waals surface area contributed by atoms with Crippen molar-refractivity contribution in [1.82, 2.24) is 9.80 Å². The monoisotopic (exact) mass is 959 g/mol. The first-order chi connectivity index (χ1) is 29.9. The molecule has 0 saturated carbocycles. The van der Waals surface area contributed by atoms with Gasteiger partial charge in [-0.25, -0.2) is 0 Å². The van der Waals surface area contributed by atoms with E-state index in [0.717, 1.165) is 0 Å². The number of carbonyl (C=O) groups excluding carboxylic acids is 6. The molecule has 20 heteroatoms. The van der Waals surface area contributed by atoms with E-state index in [2.05, 4.69) is 9.05 Å². The molecule has 0 amide bonds. The average molecular weight is 959 g/mol. The van der Waals surface area contributed by atoms with Crippen LogP contribution in [0.4, 0.5) is 0 Å². The van der Waals surface area contributed by atoms with Crippen LogP contribution in [0.5, 0.6) is 0 Å². The topological polar surface area (TPSA) is 245 Å². The highest BCUT2D eigenvalue weighted by atomic mass is 31.0. The van der Waals surface area contributed by atoms with Gasteiger partial charge in [0.15, 0.2) is 0 Å². The van der Waals surface area contributed by atoms with E-state index >= 15 is 0 Å². The minimum absolute atomic E-state index is 0.00688. The highest BCUT2D eigenvalue weighted by Crippen LogP contribution is 2.32. The maximum atomic E-state index is 13.8. The third-order valence-electron chi connectivity index (χ3n) is 11.3. The van der Waals surface area contributed by atoms with E-state index in [9.17, 15) is 49.2 Å². The van der Waals surface area contributed by atoms with E-state index < -0.39 is 89.8 Å². The van der Waals surface area contributed by atoms with E-state index in [4.69, 9.17) is 18.9 Å². The second kappa shape index (κ2) is 33.8. The van der Waals surface area contributed by atoms with Crippen LogP contribution in [0.2, 0.25) is 0 Å². The van der Waals surface area contributed by atoms with Crippen molar-refractivity contribution in [3.63, 3.8) is 0 Å². The van der Waals surface area contributed by atoms with Crippen molar-refractivity contribution in [2.24, 2.45) is 17.8 Å². The summed E-state index contributed by atoms with van der Waals surface area (Å²) >= 11 is 0. The van der Waals surface area contributed by atoms with Gasteiger partial charge in [0.25, 0.3) is 0 Å². The van der Waals surface area contributed by atoms with Crippen molar-refractivity contribution in [3.8, 4) is 0 Å². The second-order valence-electron chi connectivity index (χ2n) is 16.8. The molecule has 2 unspecified atom stereocenters. The van der Waals surface area contributed by atoms with Gasteiger partial charge < -0.3 is 53.3 Å². The Balaban J connectivity index is 0. The molecule has 0 aromatic rings. The highest BCUT2D eigenvalue weighted by Gasteiger charge is 2.45. The van der Waals surface area contributed by atoms with Crippen molar-refractivity contribution in [2.45, 2.75) is 182 Å². The van der Waals surface area contributed by atoms with Crippen LogP contribution in [0.3, 0.4) is 0 Å². The van der Waals surface area contributed by atoms with Crippen LogP contribution >= 0.6 is 18.9 Å². The lowest BCUT2D eigenvalue weighted by atomic mass is 9.78. The van der Waals surface area contributed by atoms with E-state index in [-0.39, 0.29) is 96.1 Å². The van der Waals surface area contributed by atoms with Gasteiger partial charge >= 0.3 is 35.8 Å². The Kier molecular flexibility index (Phi) is 33.6. The molecule has 0 aromatic heterocycles. The fraction of sp³-hybridized carbons (Fsp3) is 0.864. The highest BCUT2D eigenvalue weighted by molar-refractivity contribution is 7.11. The zero-order valence-electron chi connectivity index (χ0n) is 40.7. The van der Waals surface area contributed by atoms with Crippen molar-refractivity contribution in [1.29, 1.82) is 0 Å². The zero-order valence-corrected chi connectivity index (χ0v) is 43.0. The molecule has 0 spiro atoms. The summed E-state index contributed by atoms with van der Waals surface area (Å²) in [5.74, 6) is -6.26. The predicted octanol–water partition coefficient (Wildman–Crippen LogP) is 4.30. The van der Waals surface area contributed by atoms with Gasteiger partial charge in [-0.05, 0) is 79.2 Å². The third kappa shape index (κ3) is 25.4. The quantitative estimate of drug-likeness (QED) is 0.0407. The second-order valence-corrected chi connectivity index (χ2v) is 17.3. The maximum absolute atomic E-state index is 13.8. The molecule has 0 aliphatic rings. The number of ether oxygens (including phenoxy) is 4. The number of rotatable bonds is 33. The third-order valence-corrected chi connectivity index (χ3v) is 11.9. The summed E-state index contributed by atoms with van der Waals surface area (Å²) in [6.07, 6.45) is -2.78. The molecule has 4 N–H and O–H groups in total. The number of esters is 4. The Morgan fingerprint density at radius 2 is 1.16 bits per heavy atom. The zero-order chi connectivity index (χ0) is 49.8. The van der Waals surface area contributed by atoms with Crippen molar-refractivity contribution in [3.05, 3.63) is 0 Å². The molecule has 0 heterocycles. The lowest BCUT2D eigenvalue weighted by molar-refractivity contribution is -0.185. The summed E-state index contributed by atoms with van der Waals surface area (Å²) in [6, 6.07) is -0.152. The first-order valence-electron chi connectivity index (χ1n) is 22.6. The van der Waals surface area contributed by atoms with Gasteiger partial charge in [-0.2, -0.15) is 0 Å². The number of hydrogen-bond donors (Lipinski definition) is 4. The summed E-state index contributed by atoms with van der Waals surface area (Å²) in [6.45, 7) is 18.9. The van der Waals surface area contributed by atoms with Crippen molar-refractivity contribution < 1.29 is 77.2 Å². The van der Waals surface area contributed by atoms with Gasteiger partial charge in [0, 0.05) is 57.3 Å². The number of carbonyl (C=O) groups is 6. The van der Waals surface area contributed by atoms with Crippen LogP contribution in [-0.2, 0) is 56.8 Å². The number of hydrogen-bond acceptors (Lipinski definition) is 18. The molecule has 376 valence electrons. The standard InChI is InChI=1S/C42H78N2O16P2.C2H6/c1-11-31(45)30(7)43(10)25-27(4)24-42(9,54)39(51)28(5)38(29(6)40(52)57-32(12-2)41(8,53)13-3)58-37(50)26-44(20-22-55-33(46)16-14-18-35(48)59-61)21-23-56-34(47)17-15-19-36(49)60-62;1-2/h27-32,38-39,45,51,53-54H,11-26,61-62H2,1-10H3;1-2H3/t27-,28+,29-,30-,31+,32-,38+,39-,41-,42-;/m1./s1. The largest absolute Gasteiger partial charge is 0.464 e. The Hall–Kier alpha value is -2.56. The minimum Gasteiger partial charge on any atom is -0.464 e. The Bertz CT molecular complexity index is 1330. The number of aliphatic hydroxyl groups excluding tert-OH is 2. The molecular formula is C44H84N2O16P2. The Morgan fingerprint density at radius 3 is 1.58 bits per heavy atom. The molecule has 12 atom stereocenters. The molecule has 0 rings (SSSR count). The first kappa shape index (κ1) is 63.5. The lowest BCUT2D eigenvalue weighted by Crippen LogP contribution is -2.52. The molecule has 0 radical (unpaired) electrons. The van der Waals surface area contributed by atoms with E-state index in [1.165, 1.54) is 18.7 Å². The van der Waals surface area contributed by atoms with E-state index in [0.29, 0.717) is 13.0 Å². The van der Waals surface area contributed by atoms with Crippen LogP contribution in [0, 0.1) is 17.8 Å². The normalized spacial score (nSPS) is 17.1. The van der Waals surface area contributed by atoms with Crippen molar-refractivity contribution >= 4 is 54.7 Å². The van der Waals surface area contributed by atoms with Crippen LogP contribution in [0.15, 0.2) is 0 Å². The maximum Gasteiger partial charge on any atom is 0.320 e. The van der Waals surface area contributed by atoms with E-state index in [1.807, 2.05) is 65.5 Å². The minimum atomic E-state index is -1.73. The first-order valence-corrected chi connectivity index (χ1v) is 23.6. The number of likely N-dealkylation sites (N-methyl/N-ethyl adjacent to an activating group) is 1. The van der Waals surface area contributed by atoms with E-state index in [1.54, 1.807) is 27.7 Å². The molecule has 0 saturated heterocycles. The molecule has 0 bridgehead atoms. The predicted molar refractivity (Wildman–Crippen MR) is 247 cm³/mol. The van der Waals surface area contributed by atoms with Gasteiger partial charge in [-0.1, -0.05) is 48.5 Å². The summed E-state index contributed by atoms with van der Waals surface area (Å²) in [5.41, 5.74) is -3.09. The van der Waals surface area contributed by atoms with Crippen LogP contribution in [0.25, 0.3) is 0 Å². The molecule has 0 aromatic carbocycles. The summed E-state index contributed by atoms with van der Waals surface area (Å²) in [7, 11) is 5.55. The van der Waals surface area contributed by atoms with Gasteiger partial charge in [-0.15, -0.1) is 0 Å². The smallest absolute Gasteiger partial charge is 0.320 e. The van der Waals surface area contributed by atoms with Gasteiger partial charge in [0.1, 0.15) is 25.4 Å². The van der Waals surface area contributed by atoms with Crippen molar-refractivity contribution in [2.75, 3.05) is 46.4 Å². The number of nitrogens with zero attached hydrogens (tertiary/aromatic N) is 2. The van der Waals surface area contributed by atoms with Crippen LogP contribution in [0.1, 0.15) is 140 Å². The fourth-order valence-electron chi connectivity index (χ4n) is 7.09. The lowest BCUT2D eigenvalue weighted by Gasteiger charge is -2.40. The molecular weight excluding hydrogens is 874 g/mol. The van der Waals surface area contributed by atoms with Gasteiger partial charge in [-0.3, -0.25) is 33.7 Å².